The van der Waals surface area contributed by atoms with Gasteiger partial charge >= 0.3 is 5.69 Å². The third kappa shape index (κ3) is 1.46. The monoisotopic (exact) mass is 244 g/mol. The van der Waals surface area contributed by atoms with Crippen molar-refractivity contribution >= 4 is 11.0 Å². The van der Waals surface area contributed by atoms with Crippen LogP contribution < -0.4 is 5.69 Å². The molecule has 3 rings (SSSR count). The SMILES string of the molecule is CCn1c(=O)n(CC)c2c3c(ccc21)CCCC3. The number of imidazole rings is 1. The molecule has 0 fully saturated rings. The highest BCUT2D eigenvalue weighted by Gasteiger charge is 2.19. The number of benzene rings is 1. The number of hydrogen-bond acceptors (Lipinski definition) is 1. The lowest BCUT2D eigenvalue weighted by Gasteiger charge is -2.17. The Bertz CT molecular complexity index is 649. The molecule has 1 aliphatic rings. The molecule has 2 aromatic rings. The molecule has 1 aliphatic carbocycles. The molecule has 3 nitrogen and oxygen atoms in total. The fourth-order valence-corrected chi connectivity index (χ4v) is 3.26. The summed E-state index contributed by atoms with van der Waals surface area (Å²) in [5.74, 6) is 0. The summed E-state index contributed by atoms with van der Waals surface area (Å²) in [7, 11) is 0. The van der Waals surface area contributed by atoms with Crippen LogP contribution in [0.5, 0.6) is 0 Å². The highest BCUT2D eigenvalue weighted by Crippen LogP contribution is 2.28. The summed E-state index contributed by atoms with van der Waals surface area (Å²) >= 11 is 0. The minimum absolute atomic E-state index is 0.147. The van der Waals surface area contributed by atoms with E-state index in [4.69, 9.17) is 0 Å². The number of aryl methyl sites for hydroxylation is 4. The topological polar surface area (TPSA) is 26.9 Å². The van der Waals surface area contributed by atoms with Crippen LogP contribution in [0, 0.1) is 0 Å². The van der Waals surface area contributed by atoms with Crippen LogP contribution in [0.4, 0.5) is 0 Å². The van der Waals surface area contributed by atoms with Crippen molar-refractivity contribution in [2.24, 2.45) is 0 Å². The Hall–Kier alpha value is -1.51. The van der Waals surface area contributed by atoms with E-state index in [9.17, 15) is 4.79 Å². The number of nitrogens with zero attached hydrogens (tertiary/aromatic N) is 2. The van der Waals surface area contributed by atoms with E-state index >= 15 is 0 Å². The largest absolute Gasteiger partial charge is 0.329 e. The van der Waals surface area contributed by atoms with E-state index in [1.165, 1.54) is 35.9 Å². The van der Waals surface area contributed by atoms with E-state index in [0.29, 0.717) is 0 Å². The van der Waals surface area contributed by atoms with Crippen LogP contribution in [0.3, 0.4) is 0 Å². The van der Waals surface area contributed by atoms with Crippen molar-refractivity contribution in [1.82, 2.24) is 9.13 Å². The summed E-state index contributed by atoms with van der Waals surface area (Å²) in [6.45, 7) is 5.61. The molecule has 0 radical (unpaired) electrons. The maximum atomic E-state index is 12.4. The van der Waals surface area contributed by atoms with Crippen molar-refractivity contribution < 1.29 is 0 Å². The quantitative estimate of drug-likeness (QED) is 0.798. The Labute approximate surface area is 107 Å². The fraction of sp³-hybridized carbons (Fsp3) is 0.533. The Morgan fingerprint density at radius 1 is 1.06 bits per heavy atom. The van der Waals surface area contributed by atoms with Gasteiger partial charge in [0.1, 0.15) is 0 Å². The molecule has 0 atom stereocenters. The van der Waals surface area contributed by atoms with Crippen LogP contribution in [0.2, 0.25) is 0 Å². The van der Waals surface area contributed by atoms with Gasteiger partial charge in [-0.1, -0.05) is 6.07 Å². The summed E-state index contributed by atoms with van der Waals surface area (Å²) in [5, 5.41) is 0. The first-order valence-corrected chi connectivity index (χ1v) is 7.01. The smallest absolute Gasteiger partial charge is 0.292 e. The van der Waals surface area contributed by atoms with Crippen molar-refractivity contribution in [2.45, 2.75) is 52.6 Å². The van der Waals surface area contributed by atoms with Gasteiger partial charge in [-0.15, -0.1) is 0 Å². The molecule has 0 aliphatic heterocycles. The van der Waals surface area contributed by atoms with Crippen molar-refractivity contribution in [3.63, 3.8) is 0 Å². The van der Waals surface area contributed by atoms with Gasteiger partial charge in [0.2, 0.25) is 0 Å². The van der Waals surface area contributed by atoms with Crippen molar-refractivity contribution in [3.05, 3.63) is 33.7 Å². The molecular formula is C15H20N2O. The van der Waals surface area contributed by atoms with Gasteiger partial charge in [0.15, 0.2) is 0 Å². The Kier molecular flexibility index (Phi) is 2.77. The third-order valence-electron chi connectivity index (χ3n) is 4.14. The van der Waals surface area contributed by atoms with E-state index in [0.717, 1.165) is 25.0 Å². The van der Waals surface area contributed by atoms with Crippen LogP contribution in [-0.2, 0) is 25.9 Å². The number of rotatable bonds is 2. The van der Waals surface area contributed by atoms with E-state index in [1.807, 2.05) is 16.1 Å². The van der Waals surface area contributed by atoms with Crippen molar-refractivity contribution in [2.75, 3.05) is 0 Å². The average Bonchev–Trinajstić information content (AvgIpc) is 2.70. The van der Waals surface area contributed by atoms with Crippen molar-refractivity contribution in [3.8, 4) is 0 Å². The van der Waals surface area contributed by atoms with Gasteiger partial charge in [0.25, 0.3) is 0 Å². The minimum atomic E-state index is 0.147. The van der Waals surface area contributed by atoms with Gasteiger partial charge in [0.05, 0.1) is 11.0 Å². The summed E-state index contributed by atoms with van der Waals surface area (Å²) in [6.07, 6.45) is 4.82. The standard InChI is InChI=1S/C15H20N2O/c1-3-16-13-10-9-11-7-5-6-8-12(11)14(13)17(4-2)15(16)18/h9-10H,3-8H2,1-2H3. The first-order chi connectivity index (χ1) is 8.77. The van der Waals surface area contributed by atoms with Crippen LogP contribution >= 0.6 is 0 Å². The second-order valence-corrected chi connectivity index (χ2v) is 5.05. The van der Waals surface area contributed by atoms with E-state index in [-0.39, 0.29) is 5.69 Å². The van der Waals surface area contributed by atoms with Crippen LogP contribution in [-0.4, -0.2) is 9.13 Å². The van der Waals surface area contributed by atoms with Gasteiger partial charge in [0, 0.05) is 13.1 Å². The normalized spacial score (nSPS) is 15.0. The summed E-state index contributed by atoms with van der Waals surface area (Å²) in [5.41, 5.74) is 5.33. The lowest BCUT2D eigenvalue weighted by molar-refractivity contribution is 0.662. The van der Waals surface area contributed by atoms with E-state index in [1.54, 1.807) is 0 Å². The summed E-state index contributed by atoms with van der Waals surface area (Å²) in [6, 6.07) is 4.36. The summed E-state index contributed by atoms with van der Waals surface area (Å²) in [4.78, 5) is 12.4. The fourth-order valence-electron chi connectivity index (χ4n) is 3.26. The maximum Gasteiger partial charge on any atom is 0.329 e. The highest BCUT2D eigenvalue weighted by atomic mass is 16.1. The minimum Gasteiger partial charge on any atom is -0.292 e. The molecule has 1 aromatic carbocycles. The number of fused-ring (bicyclic) bond motifs is 3. The van der Waals surface area contributed by atoms with Gasteiger partial charge in [-0.2, -0.15) is 0 Å². The highest BCUT2D eigenvalue weighted by molar-refractivity contribution is 5.81. The number of aromatic nitrogens is 2. The molecule has 18 heavy (non-hydrogen) atoms. The molecule has 0 bridgehead atoms. The van der Waals surface area contributed by atoms with E-state index < -0.39 is 0 Å². The van der Waals surface area contributed by atoms with Gasteiger partial charge in [-0.05, 0) is 56.7 Å². The van der Waals surface area contributed by atoms with Crippen LogP contribution in [0.15, 0.2) is 16.9 Å². The molecule has 0 unspecified atom stereocenters. The molecule has 3 heteroatoms. The van der Waals surface area contributed by atoms with Crippen LogP contribution in [0.25, 0.3) is 11.0 Å². The average molecular weight is 244 g/mol. The summed E-state index contributed by atoms with van der Waals surface area (Å²) < 4.78 is 3.84. The molecule has 1 aromatic heterocycles. The predicted octanol–water partition coefficient (Wildman–Crippen LogP) is 2.72. The first-order valence-electron chi connectivity index (χ1n) is 7.01. The molecule has 0 N–H and O–H groups in total. The second-order valence-electron chi connectivity index (χ2n) is 5.05. The maximum absolute atomic E-state index is 12.4. The van der Waals surface area contributed by atoms with Gasteiger partial charge in [-0.3, -0.25) is 9.13 Å². The zero-order valence-corrected chi connectivity index (χ0v) is 11.2. The molecule has 1 heterocycles. The molecule has 0 spiro atoms. The van der Waals surface area contributed by atoms with Gasteiger partial charge in [-0.25, -0.2) is 4.79 Å². The lowest BCUT2D eigenvalue weighted by Crippen LogP contribution is -2.23. The van der Waals surface area contributed by atoms with Gasteiger partial charge < -0.3 is 0 Å². The Morgan fingerprint density at radius 2 is 1.78 bits per heavy atom. The lowest BCUT2D eigenvalue weighted by atomic mass is 9.90. The molecular weight excluding hydrogens is 224 g/mol. The second kappa shape index (κ2) is 4.30. The first kappa shape index (κ1) is 11.6. The molecule has 0 amide bonds. The van der Waals surface area contributed by atoms with Crippen LogP contribution in [0.1, 0.15) is 37.8 Å². The van der Waals surface area contributed by atoms with E-state index in [2.05, 4.69) is 19.1 Å². The van der Waals surface area contributed by atoms with Crippen molar-refractivity contribution in [1.29, 1.82) is 0 Å². The molecule has 0 saturated carbocycles. The molecule has 96 valence electrons. The zero-order valence-electron chi connectivity index (χ0n) is 11.2. The predicted molar refractivity (Wildman–Crippen MR) is 74.2 cm³/mol. The molecule has 0 saturated heterocycles. The Balaban J connectivity index is 2.43. The zero-order chi connectivity index (χ0) is 12.7. The number of hydrogen-bond donors (Lipinski definition) is 0. The Morgan fingerprint density at radius 3 is 2.50 bits per heavy atom. The third-order valence-corrected chi connectivity index (χ3v) is 4.14.